The van der Waals surface area contributed by atoms with Gasteiger partial charge in [0.15, 0.2) is 0 Å². The largest absolute Gasteiger partial charge is 0.493 e. The third-order valence-electron chi connectivity index (χ3n) is 2.68. The summed E-state index contributed by atoms with van der Waals surface area (Å²) >= 11 is 0. The van der Waals surface area contributed by atoms with Crippen LogP contribution in [0.2, 0.25) is 0 Å². The summed E-state index contributed by atoms with van der Waals surface area (Å²) in [6.45, 7) is 0. The number of hydrogen-bond acceptors (Lipinski definition) is 5. The predicted molar refractivity (Wildman–Crippen MR) is 79.0 cm³/mol. The van der Waals surface area contributed by atoms with Crippen molar-refractivity contribution in [3.63, 3.8) is 0 Å². The number of anilines is 1. The molecule has 0 aliphatic rings. The van der Waals surface area contributed by atoms with Crippen LogP contribution in [0, 0.1) is 11.3 Å². The van der Waals surface area contributed by atoms with Gasteiger partial charge in [-0.1, -0.05) is 36.4 Å². The topological polar surface area (TPSA) is 90.2 Å². The first-order valence-electron chi connectivity index (χ1n) is 6.01. The van der Waals surface area contributed by atoms with Crippen molar-refractivity contribution in [2.75, 3.05) is 5.32 Å². The number of hydrogen-bond donors (Lipinski definition) is 2. The minimum absolute atomic E-state index is 0.0528. The van der Waals surface area contributed by atoms with E-state index in [0.29, 0.717) is 5.69 Å². The Morgan fingerprint density at radius 1 is 1.00 bits per heavy atom. The van der Waals surface area contributed by atoms with Crippen LogP contribution in [0.3, 0.4) is 0 Å². The standard InChI is InChI=1S/C15H12N2O3S/c16-11-14(15(18)17-12-7-3-1-4-8-12)21(19,20)13-9-5-2-6-10-13/h1-10,17-18H. The van der Waals surface area contributed by atoms with Crippen LogP contribution in [0.1, 0.15) is 0 Å². The number of para-hydroxylation sites is 1. The van der Waals surface area contributed by atoms with Gasteiger partial charge in [0.1, 0.15) is 6.07 Å². The molecule has 2 rings (SSSR count). The van der Waals surface area contributed by atoms with Crippen LogP contribution in [-0.4, -0.2) is 13.5 Å². The Kier molecular flexibility index (Phi) is 4.26. The van der Waals surface area contributed by atoms with Crippen LogP contribution in [0.15, 0.2) is 76.3 Å². The summed E-state index contributed by atoms with van der Waals surface area (Å²) in [5.41, 5.74) is 0.478. The van der Waals surface area contributed by atoms with E-state index >= 15 is 0 Å². The molecule has 0 heterocycles. The van der Waals surface area contributed by atoms with Gasteiger partial charge in [-0.3, -0.25) is 0 Å². The van der Waals surface area contributed by atoms with Crippen LogP contribution in [-0.2, 0) is 9.84 Å². The molecule has 2 aromatic rings. The van der Waals surface area contributed by atoms with Crippen LogP contribution in [0.25, 0.3) is 0 Å². The van der Waals surface area contributed by atoms with Gasteiger partial charge in [-0.15, -0.1) is 0 Å². The average Bonchev–Trinajstić information content (AvgIpc) is 2.49. The highest BCUT2D eigenvalue weighted by atomic mass is 32.2. The number of allylic oxidation sites excluding steroid dienone is 1. The van der Waals surface area contributed by atoms with Gasteiger partial charge in [-0.2, -0.15) is 5.26 Å². The van der Waals surface area contributed by atoms with E-state index in [0.717, 1.165) is 0 Å². The molecular weight excluding hydrogens is 288 g/mol. The van der Waals surface area contributed by atoms with Crippen molar-refractivity contribution < 1.29 is 13.5 Å². The highest BCUT2D eigenvalue weighted by Gasteiger charge is 2.25. The molecule has 0 bridgehead atoms. The summed E-state index contributed by atoms with van der Waals surface area (Å²) < 4.78 is 24.6. The fourth-order valence-electron chi connectivity index (χ4n) is 1.67. The summed E-state index contributed by atoms with van der Waals surface area (Å²) in [5.74, 6) is -0.701. The van der Waals surface area contributed by atoms with Crippen LogP contribution in [0.4, 0.5) is 5.69 Å². The van der Waals surface area contributed by atoms with Crippen molar-refractivity contribution >= 4 is 15.5 Å². The van der Waals surface area contributed by atoms with Crippen LogP contribution in [0.5, 0.6) is 0 Å². The molecule has 0 spiro atoms. The maximum absolute atomic E-state index is 12.3. The van der Waals surface area contributed by atoms with Gasteiger partial charge in [0.05, 0.1) is 4.90 Å². The second kappa shape index (κ2) is 6.11. The molecule has 0 saturated carbocycles. The zero-order chi connectivity index (χ0) is 15.3. The SMILES string of the molecule is N#CC(=C(O)Nc1ccccc1)S(=O)(=O)c1ccccc1. The van der Waals surface area contributed by atoms with Crippen molar-refractivity contribution in [2.24, 2.45) is 0 Å². The Labute approximate surface area is 122 Å². The third kappa shape index (κ3) is 3.22. The third-order valence-corrected chi connectivity index (χ3v) is 4.39. The molecule has 0 aliphatic heterocycles. The van der Waals surface area contributed by atoms with Crippen LogP contribution < -0.4 is 5.32 Å². The van der Waals surface area contributed by atoms with Crippen molar-refractivity contribution in [3.05, 3.63) is 71.5 Å². The van der Waals surface area contributed by atoms with E-state index in [1.807, 2.05) is 0 Å². The Hall–Kier alpha value is -2.78. The molecule has 0 saturated heterocycles. The number of benzene rings is 2. The molecule has 0 unspecified atom stereocenters. The number of aliphatic hydroxyl groups excluding tert-OH is 1. The average molecular weight is 300 g/mol. The zero-order valence-electron chi connectivity index (χ0n) is 10.9. The first kappa shape index (κ1) is 14.6. The minimum Gasteiger partial charge on any atom is -0.493 e. The Bertz CT molecular complexity index is 792. The molecule has 21 heavy (non-hydrogen) atoms. The molecule has 5 nitrogen and oxygen atoms in total. The van der Waals surface area contributed by atoms with E-state index in [1.54, 1.807) is 48.5 Å². The van der Waals surface area contributed by atoms with Gasteiger partial charge < -0.3 is 10.4 Å². The fourth-order valence-corrected chi connectivity index (χ4v) is 2.85. The molecular formula is C15H12N2O3S. The number of sulfone groups is 1. The van der Waals surface area contributed by atoms with E-state index in [9.17, 15) is 13.5 Å². The van der Waals surface area contributed by atoms with E-state index in [-0.39, 0.29) is 4.90 Å². The van der Waals surface area contributed by atoms with Gasteiger partial charge in [0, 0.05) is 5.69 Å². The molecule has 0 radical (unpaired) electrons. The van der Waals surface area contributed by atoms with Gasteiger partial charge >= 0.3 is 0 Å². The molecule has 0 aromatic heterocycles. The predicted octanol–water partition coefficient (Wildman–Crippen LogP) is 2.82. The van der Waals surface area contributed by atoms with E-state index < -0.39 is 20.6 Å². The van der Waals surface area contributed by atoms with Gasteiger partial charge in [0.25, 0.3) is 0 Å². The molecule has 2 aromatic carbocycles. The van der Waals surface area contributed by atoms with Crippen molar-refractivity contribution in [2.45, 2.75) is 4.90 Å². The first-order valence-corrected chi connectivity index (χ1v) is 7.49. The monoisotopic (exact) mass is 300 g/mol. The smallest absolute Gasteiger partial charge is 0.221 e. The van der Waals surface area contributed by atoms with E-state index in [4.69, 9.17) is 5.26 Å². The normalized spacial score (nSPS) is 12.1. The van der Waals surface area contributed by atoms with Crippen molar-refractivity contribution in [1.82, 2.24) is 0 Å². The summed E-state index contributed by atoms with van der Waals surface area (Å²) in [6.07, 6.45) is 0. The summed E-state index contributed by atoms with van der Waals surface area (Å²) in [7, 11) is -4.06. The number of nitrogens with zero attached hydrogens (tertiary/aromatic N) is 1. The number of nitrogens with one attached hydrogen (secondary N) is 1. The number of nitriles is 1. The van der Waals surface area contributed by atoms with Crippen molar-refractivity contribution in [3.8, 4) is 6.07 Å². The quantitative estimate of drug-likeness (QED) is 0.669. The van der Waals surface area contributed by atoms with Gasteiger partial charge in [-0.25, -0.2) is 8.42 Å². The maximum atomic E-state index is 12.3. The lowest BCUT2D eigenvalue weighted by Crippen LogP contribution is -2.11. The Morgan fingerprint density at radius 3 is 2.05 bits per heavy atom. The van der Waals surface area contributed by atoms with Crippen molar-refractivity contribution in [1.29, 1.82) is 5.26 Å². The maximum Gasteiger partial charge on any atom is 0.221 e. The number of aliphatic hydroxyl groups is 1. The lowest BCUT2D eigenvalue weighted by Gasteiger charge is -2.08. The van der Waals surface area contributed by atoms with Gasteiger partial charge in [0.2, 0.25) is 20.6 Å². The van der Waals surface area contributed by atoms with E-state index in [2.05, 4.69) is 5.32 Å². The zero-order valence-corrected chi connectivity index (χ0v) is 11.7. The minimum atomic E-state index is -4.06. The Morgan fingerprint density at radius 2 is 1.52 bits per heavy atom. The second-order valence-corrected chi connectivity index (χ2v) is 5.98. The number of rotatable bonds is 4. The lowest BCUT2D eigenvalue weighted by atomic mass is 10.3. The summed E-state index contributed by atoms with van der Waals surface area (Å²) in [4.78, 5) is -0.777. The molecule has 6 heteroatoms. The van der Waals surface area contributed by atoms with Crippen LogP contribution >= 0.6 is 0 Å². The highest BCUT2D eigenvalue weighted by Crippen LogP contribution is 2.21. The van der Waals surface area contributed by atoms with E-state index in [1.165, 1.54) is 18.2 Å². The molecule has 0 aliphatic carbocycles. The molecule has 2 N–H and O–H groups in total. The fraction of sp³-hybridized carbons (Fsp3) is 0. The molecule has 0 atom stereocenters. The Balaban J connectivity index is 2.44. The second-order valence-electron chi connectivity index (χ2n) is 4.10. The molecule has 0 fully saturated rings. The summed E-state index contributed by atoms with van der Waals surface area (Å²) in [5, 5.41) is 21.5. The summed E-state index contributed by atoms with van der Waals surface area (Å²) in [6, 6.07) is 17.5. The molecule has 106 valence electrons. The lowest BCUT2D eigenvalue weighted by molar-refractivity contribution is 0.417. The molecule has 0 amide bonds. The highest BCUT2D eigenvalue weighted by molar-refractivity contribution is 7.95. The first-order chi connectivity index (χ1) is 10.1. The van der Waals surface area contributed by atoms with Gasteiger partial charge in [-0.05, 0) is 24.3 Å².